The van der Waals surface area contributed by atoms with Crippen molar-refractivity contribution in [3.8, 4) is 0 Å². The molecule has 0 aliphatic rings. The van der Waals surface area contributed by atoms with E-state index in [0.29, 0.717) is 0 Å². The molecule has 1 aromatic carbocycles. The van der Waals surface area contributed by atoms with Crippen LogP contribution in [0.4, 0.5) is 17.3 Å². The Morgan fingerprint density at radius 2 is 2.00 bits per heavy atom. The molecule has 3 N–H and O–H groups in total. The van der Waals surface area contributed by atoms with Gasteiger partial charge in [0.2, 0.25) is 0 Å². The Balaban J connectivity index is 1.90. The molecule has 5 nitrogen and oxygen atoms in total. The van der Waals surface area contributed by atoms with E-state index in [1.807, 2.05) is 37.4 Å². The maximum absolute atomic E-state index is 4.23. The smallest absolute Gasteiger partial charge is 0.135 e. The van der Waals surface area contributed by atoms with E-state index in [0.717, 1.165) is 34.8 Å². The second-order valence-electron chi connectivity index (χ2n) is 4.19. The van der Waals surface area contributed by atoms with E-state index in [4.69, 9.17) is 0 Å². The van der Waals surface area contributed by atoms with Crippen LogP contribution in [0.15, 0.2) is 42.9 Å². The highest BCUT2D eigenvalue weighted by molar-refractivity contribution is 5.93. The number of fused-ring (bicyclic) bond motifs is 1. The van der Waals surface area contributed by atoms with Crippen molar-refractivity contribution in [1.82, 2.24) is 15.0 Å². The average Bonchev–Trinajstić information content (AvgIpc) is 2.83. The molecule has 0 saturated carbocycles. The fourth-order valence-corrected chi connectivity index (χ4v) is 2.02. The molecule has 3 rings (SSSR count). The predicted molar refractivity (Wildman–Crippen MR) is 77.8 cm³/mol. The number of para-hydroxylation sites is 1. The Hall–Kier alpha value is -2.56. The number of rotatable bonds is 4. The minimum absolute atomic E-state index is 0.774. The molecular weight excluding hydrogens is 238 g/mol. The monoisotopic (exact) mass is 253 g/mol. The topological polar surface area (TPSA) is 65.6 Å². The highest BCUT2D eigenvalue weighted by Crippen LogP contribution is 2.25. The minimum Gasteiger partial charge on any atom is -0.370 e. The quantitative estimate of drug-likeness (QED) is 0.668. The van der Waals surface area contributed by atoms with E-state index >= 15 is 0 Å². The number of aromatic amines is 1. The molecule has 3 aromatic rings. The summed E-state index contributed by atoms with van der Waals surface area (Å²) in [5.74, 6) is 1.59. The van der Waals surface area contributed by atoms with Gasteiger partial charge in [-0.05, 0) is 13.0 Å². The molecule has 0 aliphatic heterocycles. The van der Waals surface area contributed by atoms with Crippen LogP contribution in [0.25, 0.3) is 10.9 Å². The number of aromatic nitrogens is 3. The minimum atomic E-state index is 0.774. The van der Waals surface area contributed by atoms with E-state index < -0.39 is 0 Å². The summed E-state index contributed by atoms with van der Waals surface area (Å²) < 4.78 is 0. The van der Waals surface area contributed by atoms with Crippen LogP contribution >= 0.6 is 0 Å². The van der Waals surface area contributed by atoms with Crippen LogP contribution < -0.4 is 10.6 Å². The van der Waals surface area contributed by atoms with Gasteiger partial charge in [0.15, 0.2) is 0 Å². The van der Waals surface area contributed by atoms with Crippen LogP contribution in [0, 0.1) is 0 Å². The lowest BCUT2D eigenvalue weighted by Crippen LogP contribution is -2.01. The van der Waals surface area contributed by atoms with Crippen LogP contribution in [0.3, 0.4) is 0 Å². The fraction of sp³-hybridized carbons (Fsp3) is 0.143. The lowest BCUT2D eigenvalue weighted by Gasteiger charge is -2.06. The largest absolute Gasteiger partial charge is 0.370 e. The summed E-state index contributed by atoms with van der Waals surface area (Å²) in [6.45, 7) is 2.87. The number of hydrogen-bond acceptors (Lipinski definition) is 4. The van der Waals surface area contributed by atoms with Crippen LogP contribution in [-0.2, 0) is 0 Å². The van der Waals surface area contributed by atoms with Crippen molar-refractivity contribution in [3.63, 3.8) is 0 Å². The van der Waals surface area contributed by atoms with Crippen LogP contribution in [0.1, 0.15) is 6.92 Å². The molecule has 96 valence electrons. The summed E-state index contributed by atoms with van der Waals surface area (Å²) in [6, 6.07) is 10.0. The first-order valence-corrected chi connectivity index (χ1v) is 6.26. The molecular formula is C14H15N5. The molecule has 0 radical (unpaired) electrons. The van der Waals surface area contributed by atoms with Crippen LogP contribution in [-0.4, -0.2) is 21.5 Å². The predicted octanol–water partition coefficient (Wildman–Crippen LogP) is 3.13. The second kappa shape index (κ2) is 4.97. The van der Waals surface area contributed by atoms with E-state index in [1.54, 1.807) is 6.33 Å². The van der Waals surface area contributed by atoms with E-state index in [1.165, 1.54) is 0 Å². The maximum Gasteiger partial charge on any atom is 0.135 e. The molecule has 0 amide bonds. The molecule has 2 aromatic heterocycles. The number of nitrogens with one attached hydrogen (secondary N) is 3. The first-order chi connectivity index (χ1) is 9.36. The van der Waals surface area contributed by atoms with Crippen molar-refractivity contribution < 1.29 is 0 Å². The van der Waals surface area contributed by atoms with E-state index in [-0.39, 0.29) is 0 Å². The van der Waals surface area contributed by atoms with Crippen molar-refractivity contribution in [1.29, 1.82) is 0 Å². The molecule has 19 heavy (non-hydrogen) atoms. The van der Waals surface area contributed by atoms with E-state index in [9.17, 15) is 0 Å². The SMILES string of the molecule is CCNc1cc(Nc2c[nH]c3ccccc23)ncn1. The van der Waals surface area contributed by atoms with Crippen molar-refractivity contribution in [2.24, 2.45) is 0 Å². The standard InChI is InChI=1S/C14H15N5/c1-2-15-13-7-14(18-9-17-13)19-12-8-16-11-6-4-3-5-10(11)12/h3-9,16H,2H2,1H3,(H2,15,17,18,19). The van der Waals surface area contributed by atoms with Gasteiger partial charge in [-0.3, -0.25) is 0 Å². The summed E-state index contributed by atoms with van der Waals surface area (Å²) in [5, 5.41) is 7.61. The van der Waals surface area contributed by atoms with Gasteiger partial charge >= 0.3 is 0 Å². The zero-order valence-electron chi connectivity index (χ0n) is 10.6. The molecule has 0 bridgehead atoms. The third-order valence-electron chi connectivity index (χ3n) is 2.88. The number of benzene rings is 1. The average molecular weight is 253 g/mol. The molecule has 2 heterocycles. The lowest BCUT2D eigenvalue weighted by atomic mass is 10.2. The van der Waals surface area contributed by atoms with Gasteiger partial charge in [0.05, 0.1) is 5.69 Å². The third kappa shape index (κ3) is 2.35. The van der Waals surface area contributed by atoms with Crippen LogP contribution in [0.5, 0.6) is 0 Å². The lowest BCUT2D eigenvalue weighted by molar-refractivity contribution is 1.11. The number of nitrogens with zero attached hydrogens (tertiary/aromatic N) is 2. The van der Waals surface area contributed by atoms with Gasteiger partial charge < -0.3 is 15.6 Å². The van der Waals surface area contributed by atoms with Crippen molar-refractivity contribution in [3.05, 3.63) is 42.9 Å². The van der Waals surface area contributed by atoms with Crippen molar-refractivity contribution in [2.75, 3.05) is 17.2 Å². The summed E-state index contributed by atoms with van der Waals surface area (Å²) >= 11 is 0. The first-order valence-electron chi connectivity index (χ1n) is 6.26. The third-order valence-corrected chi connectivity index (χ3v) is 2.88. The molecule has 0 fully saturated rings. The van der Waals surface area contributed by atoms with Crippen LogP contribution in [0.2, 0.25) is 0 Å². The van der Waals surface area contributed by atoms with E-state index in [2.05, 4.69) is 31.7 Å². The highest BCUT2D eigenvalue weighted by Gasteiger charge is 2.04. The Morgan fingerprint density at radius 1 is 1.16 bits per heavy atom. The first kappa shape index (κ1) is 11.5. The summed E-state index contributed by atoms with van der Waals surface area (Å²) in [6.07, 6.45) is 3.49. The van der Waals surface area contributed by atoms with Gasteiger partial charge in [-0.2, -0.15) is 0 Å². The zero-order chi connectivity index (χ0) is 13.1. The Morgan fingerprint density at radius 3 is 2.89 bits per heavy atom. The summed E-state index contributed by atoms with van der Waals surface area (Å²) in [7, 11) is 0. The Bertz CT molecular complexity index is 689. The molecule has 0 aliphatic carbocycles. The van der Waals surface area contributed by atoms with Gasteiger partial charge in [0.1, 0.15) is 18.0 Å². The molecule has 5 heteroatoms. The van der Waals surface area contributed by atoms with Gasteiger partial charge in [0.25, 0.3) is 0 Å². The van der Waals surface area contributed by atoms with Crippen molar-refractivity contribution >= 4 is 28.2 Å². The molecule has 0 spiro atoms. The van der Waals surface area contributed by atoms with Gasteiger partial charge in [-0.25, -0.2) is 9.97 Å². The number of H-pyrrole nitrogens is 1. The summed E-state index contributed by atoms with van der Waals surface area (Å²) in [4.78, 5) is 11.6. The molecule has 0 atom stereocenters. The zero-order valence-corrected chi connectivity index (χ0v) is 10.6. The maximum atomic E-state index is 4.23. The van der Waals surface area contributed by atoms with Gasteiger partial charge in [-0.15, -0.1) is 0 Å². The van der Waals surface area contributed by atoms with Gasteiger partial charge in [0, 0.05) is 29.7 Å². The fourth-order valence-electron chi connectivity index (χ4n) is 2.02. The normalized spacial score (nSPS) is 10.6. The number of hydrogen-bond donors (Lipinski definition) is 3. The van der Waals surface area contributed by atoms with Gasteiger partial charge in [-0.1, -0.05) is 18.2 Å². The highest BCUT2D eigenvalue weighted by atomic mass is 15.1. The van der Waals surface area contributed by atoms with Crippen molar-refractivity contribution in [2.45, 2.75) is 6.92 Å². The Kier molecular flexibility index (Phi) is 3.02. The summed E-state index contributed by atoms with van der Waals surface area (Å²) in [5.41, 5.74) is 2.11. The second-order valence-corrected chi connectivity index (χ2v) is 4.19. The molecule has 0 saturated heterocycles. The number of anilines is 3. The Labute approximate surface area is 111 Å². The molecule has 0 unspecified atom stereocenters.